The molecule has 5 nitrogen and oxygen atoms in total. The van der Waals surface area contributed by atoms with Crippen LogP contribution in [0.1, 0.15) is 25.7 Å². The summed E-state index contributed by atoms with van der Waals surface area (Å²) in [6.07, 6.45) is 5.18. The van der Waals surface area contributed by atoms with E-state index in [4.69, 9.17) is 0 Å². The summed E-state index contributed by atoms with van der Waals surface area (Å²) in [5, 5.41) is 14.8. The number of benzene rings is 1. The van der Waals surface area contributed by atoms with Crippen molar-refractivity contribution in [1.29, 1.82) is 0 Å². The molecule has 21 heavy (non-hydrogen) atoms. The van der Waals surface area contributed by atoms with Gasteiger partial charge < -0.3 is 15.7 Å². The fraction of sp³-hybridized carbons (Fsp3) is 0.467. The fourth-order valence-electron chi connectivity index (χ4n) is 2.64. The standard InChI is InChI=1S/C15H20N2O3S/c1-21-11-6-4-5-10(9-11)16-15(20)17-13-8-3-2-7-12(13)14(18)19/h4-6,9,12-13H,2-3,7-8H2,1H3,(H,18,19)(H2,16,17,20). The SMILES string of the molecule is CSc1cccc(NC(=O)NC2CCCCC2C(=O)O)c1. The third-order valence-corrected chi connectivity index (χ3v) is 4.45. The van der Waals surface area contributed by atoms with Crippen LogP contribution < -0.4 is 10.6 Å². The predicted molar refractivity (Wildman–Crippen MR) is 83.8 cm³/mol. The zero-order valence-corrected chi connectivity index (χ0v) is 12.8. The summed E-state index contributed by atoms with van der Waals surface area (Å²) in [7, 11) is 0. The van der Waals surface area contributed by atoms with E-state index in [0.717, 1.165) is 24.2 Å². The zero-order chi connectivity index (χ0) is 15.2. The van der Waals surface area contributed by atoms with Crippen molar-refractivity contribution in [2.75, 3.05) is 11.6 Å². The molecule has 1 aliphatic carbocycles. The Kier molecular flexibility index (Phi) is 5.50. The molecule has 1 saturated carbocycles. The van der Waals surface area contributed by atoms with E-state index in [9.17, 15) is 14.7 Å². The number of nitrogens with one attached hydrogen (secondary N) is 2. The number of carbonyl (C=O) groups is 2. The molecule has 0 radical (unpaired) electrons. The quantitative estimate of drug-likeness (QED) is 0.747. The lowest BCUT2D eigenvalue weighted by atomic mass is 9.84. The monoisotopic (exact) mass is 308 g/mol. The third-order valence-electron chi connectivity index (χ3n) is 3.73. The lowest BCUT2D eigenvalue weighted by molar-refractivity contribution is -0.143. The lowest BCUT2D eigenvalue weighted by Gasteiger charge is -2.29. The maximum atomic E-state index is 12.0. The van der Waals surface area contributed by atoms with Gasteiger partial charge in [-0.05, 0) is 37.3 Å². The molecule has 0 saturated heterocycles. The summed E-state index contributed by atoms with van der Waals surface area (Å²) in [4.78, 5) is 24.3. The van der Waals surface area contributed by atoms with Gasteiger partial charge >= 0.3 is 12.0 Å². The summed E-state index contributed by atoms with van der Waals surface area (Å²) >= 11 is 1.60. The van der Waals surface area contributed by atoms with Gasteiger partial charge in [-0.2, -0.15) is 0 Å². The fourth-order valence-corrected chi connectivity index (χ4v) is 3.10. The van der Waals surface area contributed by atoms with Gasteiger partial charge in [0.1, 0.15) is 0 Å². The van der Waals surface area contributed by atoms with Crippen molar-refractivity contribution in [3.63, 3.8) is 0 Å². The Morgan fingerprint density at radius 2 is 2.05 bits per heavy atom. The number of amides is 2. The summed E-state index contributed by atoms with van der Waals surface area (Å²) in [5.74, 6) is -1.31. The van der Waals surface area contributed by atoms with E-state index in [1.54, 1.807) is 11.8 Å². The highest BCUT2D eigenvalue weighted by atomic mass is 32.2. The minimum Gasteiger partial charge on any atom is -0.481 e. The molecule has 1 aromatic rings. The summed E-state index contributed by atoms with van der Waals surface area (Å²) in [6, 6.07) is 6.91. The molecule has 3 N–H and O–H groups in total. The Morgan fingerprint density at radius 1 is 1.29 bits per heavy atom. The van der Waals surface area contributed by atoms with Gasteiger partial charge in [-0.3, -0.25) is 4.79 Å². The smallest absolute Gasteiger partial charge is 0.319 e. The number of urea groups is 1. The van der Waals surface area contributed by atoms with Crippen LogP contribution in [-0.4, -0.2) is 29.4 Å². The first-order valence-electron chi connectivity index (χ1n) is 7.04. The number of aliphatic carboxylic acids is 1. The maximum Gasteiger partial charge on any atom is 0.319 e. The Bertz CT molecular complexity index is 521. The highest BCUT2D eigenvalue weighted by molar-refractivity contribution is 7.98. The Hall–Kier alpha value is -1.69. The molecule has 0 heterocycles. The first-order chi connectivity index (χ1) is 10.1. The van der Waals surface area contributed by atoms with E-state index < -0.39 is 11.9 Å². The minimum absolute atomic E-state index is 0.292. The first-order valence-corrected chi connectivity index (χ1v) is 8.27. The van der Waals surface area contributed by atoms with E-state index in [2.05, 4.69) is 10.6 Å². The molecule has 114 valence electrons. The van der Waals surface area contributed by atoms with E-state index in [1.807, 2.05) is 30.5 Å². The van der Waals surface area contributed by atoms with Crippen molar-refractivity contribution in [3.05, 3.63) is 24.3 Å². The van der Waals surface area contributed by atoms with Crippen molar-refractivity contribution in [3.8, 4) is 0 Å². The van der Waals surface area contributed by atoms with Crippen LogP contribution >= 0.6 is 11.8 Å². The second-order valence-corrected chi connectivity index (χ2v) is 6.05. The van der Waals surface area contributed by atoms with Gasteiger partial charge in [0.25, 0.3) is 0 Å². The van der Waals surface area contributed by atoms with Gasteiger partial charge in [0.15, 0.2) is 0 Å². The van der Waals surface area contributed by atoms with Crippen molar-refractivity contribution < 1.29 is 14.7 Å². The minimum atomic E-state index is -0.829. The van der Waals surface area contributed by atoms with Crippen LogP contribution in [-0.2, 0) is 4.79 Å². The van der Waals surface area contributed by atoms with E-state index in [-0.39, 0.29) is 12.1 Å². The predicted octanol–water partition coefficient (Wildman–Crippen LogP) is 3.17. The number of hydrogen-bond acceptors (Lipinski definition) is 3. The second-order valence-electron chi connectivity index (χ2n) is 5.17. The van der Waals surface area contributed by atoms with Gasteiger partial charge in [-0.15, -0.1) is 11.8 Å². The Morgan fingerprint density at radius 3 is 2.76 bits per heavy atom. The van der Waals surface area contributed by atoms with Crippen molar-refractivity contribution >= 4 is 29.4 Å². The topological polar surface area (TPSA) is 78.4 Å². The molecule has 2 unspecified atom stereocenters. The average molecular weight is 308 g/mol. The van der Waals surface area contributed by atoms with Crippen LogP contribution in [0.3, 0.4) is 0 Å². The molecule has 2 atom stereocenters. The maximum absolute atomic E-state index is 12.0. The van der Waals surface area contributed by atoms with Crippen LogP contribution in [0.2, 0.25) is 0 Å². The highest BCUT2D eigenvalue weighted by Crippen LogP contribution is 2.25. The molecule has 2 amide bonds. The molecule has 0 aromatic heterocycles. The van der Waals surface area contributed by atoms with Crippen molar-refractivity contribution in [2.45, 2.75) is 36.6 Å². The number of carboxylic acid groups (broad SMARTS) is 1. The van der Waals surface area contributed by atoms with Gasteiger partial charge in [-0.1, -0.05) is 18.9 Å². The van der Waals surface area contributed by atoms with E-state index >= 15 is 0 Å². The van der Waals surface area contributed by atoms with E-state index in [0.29, 0.717) is 12.1 Å². The number of carbonyl (C=O) groups excluding carboxylic acids is 1. The third kappa shape index (κ3) is 4.39. The highest BCUT2D eigenvalue weighted by Gasteiger charge is 2.31. The molecular formula is C15H20N2O3S. The molecule has 1 aromatic carbocycles. The average Bonchev–Trinajstić information content (AvgIpc) is 2.47. The number of rotatable bonds is 4. The van der Waals surface area contributed by atoms with Crippen LogP contribution in [0.15, 0.2) is 29.2 Å². The number of hydrogen-bond donors (Lipinski definition) is 3. The normalized spacial score (nSPS) is 21.6. The lowest BCUT2D eigenvalue weighted by Crippen LogP contribution is -2.46. The molecule has 0 spiro atoms. The summed E-state index contributed by atoms with van der Waals surface area (Å²) < 4.78 is 0. The van der Waals surface area contributed by atoms with Crippen molar-refractivity contribution in [2.24, 2.45) is 5.92 Å². The summed E-state index contributed by atoms with van der Waals surface area (Å²) in [6.45, 7) is 0. The van der Waals surface area contributed by atoms with Crippen LogP contribution in [0.25, 0.3) is 0 Å². The number of anilines is 1. The first kappa shape index (κ1) is 15.7. The van der Waals surface area contributed by atoms with Crippen LogP contribution in [0, 0.1) is 5.92 Å². The largest absolute Gasteiger partial charge is 0.481 e. The Labute approximate surface area is 128 Å². The number of thioether (sulfide) groups is 1. The van der Waals surface area contributed by atoms with Gasteiger partial charge in [0, 0.05) is 16.6 Å². The molecule has 0 aliphatic heterocycles. The molecule has 6 heteroatoms. The van der Waals surface area contributed by atoms with E-state index in [1.165, 1.54) is 0 Å². The van der Waals surface area contributed by atoms with Gasteiger partial charge in [-0.25, -0.2) is 4.79 Å². The zero-order valence-electron chi connectivity index (χ0n) is 12.0. The second kappa shape index (κ2) is 7.36. The molecule has 2 rings (SSSR count). The van der Waals surface area contributed by atoms with Gasteiger partial charge in [0.2, 0.25) is 0 Å². The molecular weight excluding hydrogens is 288 g/mol. The van der Waals surface area contributed by atoms with Crippen molar-refractivity contribution in [1.82, 2.24) is 5.32 Å². The van der Waals surface area contributed by atoms with Crippen LogP contribution in [0.5, 0.6) is 0 Å². The Balaban J connectivity index is 1.95. The van der Waals surface area contributed by atoms with Gasteiger partial charge in [0.05, 0.1) is 5.92 Å². The molecule has 1 aliphatic rings. The van der Waals surface area contributed by atoms with Crippen LogP contribution in [0.4, 0.5) is 10.5 Å². The number of carboxylic acids is 1. The molecule has 0 bridgehead atoms. The summed E-state index contributed by atoms with van der Waals surface area (Å²) in [5.41, 5.74) is 0.710. The molecule has 1 fully saturated rings.